The third-order valence-corrected chi connectivity index (χ3v) is 10.4. The van der Waals surface area contributed by atoms with Gasteiger partial charge in [-0.1, -0.05) is 48.5 Å². The molecule has 4 aromatic carbocycles. The van der Waals surface area contributed by atoms with Crippen molar-refractivity contribution in [3.8, 4) is 17.2 Å². The molecule has 3 atom stereocenters. The van der Waals surface area contributed by atoms with Crippen molar-refractivity contribution in [3.05, 3.63) is 119 Å². The lowest BCUT2D eigenvalue weighted by molar-refractivity contribution is -0.106. The number of benzene rings is 4. The standard InChI is InChI=1S/C40H44O9S/c41-50(42,43)36-21-19-29(20-22-36)40(30-10-7-13-33(26-30)47-37-16-1-4-23-44-37,31-11-8-14-34(27-31)48-38-17-2-5-24-45-38)32-12-9-15-35(28-32)49-39-18-3-6-25-46-39/h7-15,19-22,26-28,37-39H,1-6,16-18,23-25H2,(H,41,42,43)/p-1. The quantitative estimate of drug-likeness (QED) is 0.115. The topological polar surface area (TPSA) is 113 Å². The van der Waals surface area contributed by atoms with Crippen molar-refractivity contribution in [2.75, 3.05) is 19.8 Å². The van der Waals surface area contributed by atoms with Crippen LogP contribution in [-0.4, -0.2) is 51.7 Å². The van der Waals surface area contributed by atoms with Crippen molar-refractivity contribution in [3.63, 3.8) is 0 Å². The highest BCUT2D eigenvalue weighted by Crippen LogP contribution is 2.48. The van der Waals surface area contributed by atoms with Crippen LogP contribution in [0.2, 0.25) is 0 Å². The fourth-order valence-electron chi connectivity index (χ4n) is 7.15. The first-order valence-corrected chi connectivity index (χ1v) is 19.0. The van der Waals surface area contributed by atoms with Crippen LogP contribution in [0.1, 0.15) is 80.0 Å². The number of hydrogen-bond donors (Lipinski definition) is 0. The molecule has 0 spiro atoms. The van der Waals surface area contributed by atoms with Crippen LogP contribution in [0.3, 0.4) is 0 Å². The molecule has 3 fully saturated rings. The van der Waals surface area contributed by atoms with Gasteiger partial charge in [0.05, 0.1) is 30.1 Å². The average Bonchev–Trinajstić information content (AvgIpc) is 3.14. The predicted molar refractivity (Wildman–Crippen MR) is 185 cm³/mol. The van der Waals surface area contributed by atoms with E-state index >= 15 is 0 Å². The lowest BCUT2D eigenvalue weighted by atomic mass is 9.65. The SMILES string of the molecule is O=S(=O)([O-])c1ccc(C(c2cccc(OC3CCCCO3)c2)(c2cccc(OC3CCCCO3)c2)c2cccc(OC3CCCCO3)c2)cc1. The van der Waals surface area contributed by atoms with Crippen LogP contribution in [0.5, 0.6) is 17.2 Å². The zero-order valence-electron chi connectivity index (χ0n) is 28.0. The summed E-state index contributed by atoms with van der Waals surface area (Å²) in [7, 11) is -4.68. The molecule has 3 aliphatic rings. The zero-order chi connectivity index (χ0) is 34.4. The fraction of sp³-hybridized carbons (Fsp3) is 0.400. The lowest BCUT2D eigenvalue weighted by Crippen LogP contribution is -2.32. The van der Waals surface area contributed by atoms with Crippen molar-refractivity contribution in [2.24, 2.45) is 0 Å². The molecule has 0 saturated carbocycles. The van der Waals surface area contributed by atoms with Gasteiger partial charge in [0.1, 0.15) is 27.4 Å². The summed E-state index contributed by atoms with van der Waals surface area (Å²) in [5.41, 5.74) is 2.22. The molecule has 9 nitrogen and oxygen atoms in total. The number of rotatable bonds is 11. The van der Waals surface area contributed by atoms with Crippen LogP contribution in [-0.2, 0) is 29.7 Å². The van der Waals surface area contributed by atoms with Gasteiger partial charge in [0.15, 0.2) is 18.9 Å². The normalized spacial score (nSPS) is 22.6. The highest BCUT2D eigenvalue weighted by Gasteiger charge is 2.40. The summed E-state index contributed by atoms with van der Waals surface area (Å²) in [6.45, 7) is 1.95. The second-order valence-corrected chi connectivity index (χ2v) is 14.4. The minimum absolute atomic E-state index is 0.306. The van der Waals surface area contributed by atoms with Crippen LogP contribution in [0, 0.1) is 0 Å². The van der Waals surface area contributed by atoms with Gasteiger partial charge in [-0.3, -0.25) is 0 Å². The van der Waals surface area contributed by atoms with Crippen LogP contribution in [0.15, 0.2) is 102 Å². The minimum atomic E-state index is -4.68. The molecule has 3 saturated heterocycles. The van der Waals surface area contributed by atoms with Crippen LogP contribution < -0.4 is 14.2 Å². The molecule has 3 heterocycles. The Morgan fingerprint density at radius 2 is 0.900 bits per heavy atom. The summed E-state index contributed by atoms with van der Waals surface area (Å²) in [5.74, 6) is 1.93. The summed E-state index contributed by atoms with van der Waals surface area (Å²) in [5, 5.41) is 0. The van der Waals surface area contributed by atoms with Crippen molar-refractivity contribution in [1.82, 2.24) is 0 Å². The first-order chi connectivity index (χ1) is 24.4. The summed E-state index contributed by atoms with van der Waals surface area (Å²) in [6.07, 6.45) is 7.43. The van der Waals surface area contributed by atoms with Gasteiger partial charge in [0.25, 0.3) is 0 Å². The van der Waals surface area contributed by atoms with Crippen molar-refractivity contribution < 1.29 is 41.4 Å². The molecule has 0 radical (unpaired) electrons. The Labute approximate surface area is 294 Å². The maximum Gasteiger partial charge on any atom is 0.199 e. The van der Waals surface area contributed by atoms with E-state index in [-0.39, 0.29) is 23.8 Å². The first kappa shape index (κ1) is 34.5. The van der Waals surface area contributed by atoms with E-state index in [1.807, 2.05) is 72.8 Å². The molecule has 0 amide bonds. The average molecular weight is 700 g/mol. The molecule has 264 valence electrons. The summed E-state index contributed by atoms with van der Waals surface area (Å²) in [4.78, 5) is -0.306. The Morgan fingerprint density at radius 3 is 1.22 bits per heavy atom. The predicted octanol–water partition coefficient (Wildman–Crippen LogP) is 7.69. The molecule has 0 N–H and O–H groups in total. The summed E-state index contributed by atoms with van der Waals surface area (Å²) < 4.78 is 73.1. The molecule has 50 heavy (non-hydrogen) atoms. The van der Waals surface area contributed by atoms with E-state index in [0.29, 0.717) is 37.1 Å². The van der Waals surface area contributed by atoms with E-state index in [2.05, 4.69) is 0 Å². The van der Waals surface area contributed by atoms with Gasteiger partial charge in [0.2, 0.25) is 0 Å². The van der Waals surface area contributed by atoms with E-state index in [1.54, 1.807) is 12.1 Å². The second-order valence-electron chi connectivity index (χ2n) is 13.1. The van der Waals surface area contributed by atoms with Crippen LogP contribution in [0.4, 0.5) is 0 Å². The van der Waals surface area contributed by atoms with E-state index in [1.165, 1.54) is 12.1 Å². The molecule has 0 bridgehead atoms. The molecule has 7 rings (SSSR count). The molecule has 3 unspecified atom stereocenters. The summed E-state index contributed by atoms with van der Waals surface area (Å²) >= 11 is 0. The van der Waals surface area contributed by atoms with Crippen LogP contribution in [0.25, 0.3) is 0 Å². The molecular formula is C40H43O9S-. The Kier molecular flexibility index (Phi) is 10.7. The van der Waals surface area contributed by atoms with Gasteiger partial charge in [-0.15, -0.1) is 0 Å². The van der Waals surface area contributed by atoms with E-state index in [9.17, 15) is 13.0 Å². The molecule has 3 aliphatic heterocycles. The monoisotopic (exact) mass is 699 g/mol. The highest BCUT2D eigenvalue weighted by molar-refractivity contribution is 7.85. The van der Waals surface area contributed by atoms with Crippen molar-refractivity contribution >= 4 is 10.1 Å². The van der Waals surface area contributed by atoms with Gasteiger partial charge in [-0.25, -0.2) is 8.42 Å². The van der Waals surface area contributed by atoms with Gasteiger partial charge in [0, 0.05) is 19.3 Å². The molecule has 0 aromatic heterocycles. The second kappa shape index (κ2) is 15.5. The summed E-state index contributed by atoms with van der Waals surface area (Å²) in [6, 6.07) is 29.9. The van der Waals surface area contributed by atoms with Crippen molar-refractivity contribution in [1.29, 1.82) is 0 Å². The van der Waals surface area contributed by atoms with Gasteiger partial charge >= 0.3 is 0 Å². The van der Waals surface area contributed by atoms with Crippen LogP contribution >= 0.6 is 0 Å². The van der Waals surface area contributed by atoms with Crippen molar-refractivity contribution in [2.45, 2.75) is 87.0 Å². The van der Waals surface area contributed by atoms with Gasteiger partial charge in [-0.2, -0.15) is 0 Å². The lowest BCUT2D eigenvalue weighted by Gasteiger charge is -2.38. The Bertz CT molecular complexity index is 1670. The maximum atomic E-state index is 12.1. The molecule has 0 aliphatic carbocycles. The third-order valence-electron chi connectivity index (χ3n) is 9.59. The molecule has 10 heteroatoms. The Morgan fingerprint density at radius 1 is 0.520 bits per heavy atom. The molecular weight excluding hydrogens is 656 g/mol. The Balaban J connectivity index is 1.41. The number of ether oxygens (including phenoxy) is 6. The highest BCUT2D eigenvalue weighted by atomic mass is 32.2. The molecule has 4 aromatic rings. The van der Waals surface area contributed by atoms with E-state index < -0.39 is 15.5 Å². The Hall–Kier alpha value is -3.93. The fourth-order valence-corrected chi connectivity index (χ4v) is 7.62. The maximum absolute atomic E-state index is 12.1. The first-order valence-electron chi connectivity index (χ1n) is 17.6. The number of hydrogen-bond acceptors (Lipinski definition) is 9. The van der Waals surface area contributed by atoms with E-state index in [0.717, 1.165) is 80.0 Å². The van der Waals surface area contributed by atoms with E-state index in [4.69, 9.17) is 28.4 Å². The largest absolute Gasteiger partial charge is 0.744 e. The zero-order valence-corrected chi connectivity index (χ0v) is 28.9. The van der Waals surface area contributed by atoms with Gasteiger partial charge < -0.3 is 33.0 Å². The smallest absolute Gasteiger partial charge is 0.199 e. The minimum Gasteiger partial charge on any atom is -0.744 e. The van der Waals surface area contributed by atoms with Gasteiger partial charge in [-0.05, 0) is 109 Å². The third kappa shape index (κ3) is 7.85.